The molecule has 1 aromatic rings. The summed E-state index contributed by atoms with van der Waals surface area (Å²) in [7, 11) is 0. The summed E-state index contributed by atoms with van der Waals surface area (Å²) in [4.78, 5) is 12.7. The van der Waals surface area contributed by atoms with Crippen LogP contribution in [0.3, 0.4) is 0 Å². The number of carbonyl (C=O) groups is 1. The van der Waals surface area contributed by atoms with Crippen LogP contribution < -0.4 is 16.4 Å². The van der Waals surface area contributed by atoms with Gasteiger partial charge in [0.25, 0.3) is 5.91 Å². The van der Waals surface area contributed by atoms with E-state index in [4.69, 9.17) is 5.73 Å². The maximum atomic E-state index is 12.1. The fraction of sp³-hybridized carbons (Fsp3) is 0.533. The van der Waals surface area contributed by atoms with E-state index in [2.05, 4.69) is 31.1 Å². The molecule has 4 nitrogen and oxygen atoms in total. The zero-order chi connectivity index (χ0) is 14.7. The lowest BCUT2D eigenvalue weighted by molar-refractivity contribution is 0.0963. The number of hydrogen-bond acceptors (Lipinski definition) is 4. The standard InChI is InChI=1S/C15H23N3OS/c1-4-7-17-14(19)13-12(16)11(10-5-6-10)15(20-13)18-8-9(2)3/h4,9-10,18H,1,5-8,16H2,2-3H3,(H,17,19). The summed E-state index contributed by atoms with van der Waals surface area (Å²) in [6.45, 7) is 9.29. The Morgan fingerprint density at radius 2 is 2.25 bits per heavy atom. The van der Waals surface area contributed by atoms with Crippen LogP contribution in [-0.2, 0) is 0 Å². The fourth-order valence-electron chi connectivity index (χ4n) is 2.08. The van der Waals surface area contributed by atoms with Gasteiger partial charge in [0, 0.05) is 18.7 Å². The monoisotopic (exact) mass is 293 g/mol. The van der Waals surface area contributed by atoms with Gasteiger partial charge in [-0.3, -0.25) is 4.79 Å². The third-order valence-electron chi connectivity index (χ3n) is 3.25. The van der Waals surface area contributed by atoms with Gasteiger partial charge in [-0.05, 0) is 24.7 Å². The molecule has 0 unspecified atom stereocenters. The topological polar surface area (TPSA) is 67.2 Å². The van der Waals surface area contributed by atoms with Crippen LogP contribution in [-0.4, -0.2) is 19.0 Å². The average molecular weight is 293 g/mol. The lowest BCUT2D eigenvalue weighted by atomic mass is 10.1. The van der Waals surface area contributed by atoms with E-state index in [1.165, 1.54) is 24.2 Å². The number of hydrogen-bond donors (Lipinski definition) is 3. The molecule has 0 saturated heterocycles. The second kappa shape index (κ2) is 6.31. The molecule has 0 spiro atoms. The predicted octanol–water partition coefficient (Wildman–Crippen LogP) is 3.19. The molecule has 0 aliphatic heterocycles. The van der Waals surface area contributed by atoms with Crippen molar-refractivity contribution in [3.63, 3.8) is 0 Å². The molecular formula is C15H23N3OS. The summed E-state index contributed by atoms with van der Waals surface area (Å²) >= 11 is 1.47. The summed E-state index contributed by atoms with van der Waals surface area (Å²) in [5, 5.41) is 7.32. The van der Waals surface area contributed by atoms with Crippen molar-refractivity contribution in [3.8, 4) is 0 Å². The van der Waals surface area contributed by atoms with Gasteiger partial charge in [0.1, 0.15) is 4.88 Å². The van der Waals surface area contributed by atoms with Gasteiger partial charge in [-0.1, -0.05) is 19.9 Å². The highest BCUT2D eigenvalue weighted by atomic mass is 32.1. The predicted molar refractivity (Wildman–Crippen MR) is 86.6 cm³/mol. The quantitative estimate of drug-likeness (QED) is 0.676. The van der Waals surface area contributed by atoms with Gasteiger partial charge < -0.3 is 16.4 Å². The molecule has 20 heavy (non-hydrogen) atoms. The SMILES string of the molecule is C=CCNC(=O)c1sc(NCC(C)C)c(C2CC2)c1N. The van der Waals surface area contributed by atoms with Crippen LogP contribution in [0.5, 0.6) is 0 Å². The minimum atomic E-state index is -0.105. The van der Waals surface area contributed by atoms with E-state index in [1.807, 2.05) is 0 Å². The fourth-order valence-corrected chi connectivity index (χ4v) is 3.21. The first-order valence-electron chi connectivity index (χ1n) is 7.09. The van der Waals surface area contributed by atoms with Crippen LogP contribution in [0.4, 0.5) is 10.7 Å². The van der Waals surface area contributed by atoms with Gasteiger partial charge in [0.15, 0.2) is 0 Å². The Bertz CT molecular complexity index is 503. The second-order valence-electron chi connectivity index (χ2n) is 5.64. The molecule has 1 saturated carbocycles. The Balaban J connectivity index is 2.22. The smallest absolute Gasteiger partial charge is 0.263 e. The lowest BCUT2D eigenvalue weighted by Crippen LogP contribution is -2.23. The summed E-state index contributed by atoms with van der Waals surface area (Å²) in [6, 6.07) is 0. The molecule has 1 aromatic heterocycles. The van der Waals surface area contributed by atoms with Crippen LogP contribution in [0.1, 0.15) is 47.8 Å². The molecule has 0 bridgehead atoms. The minimum absolute atomic E-state index is 0.105. The van der Waals surface area contributed by atoms with Crippen molar-refractivity contribution in [2.24, 2.45) is 5.92 Å². The van der Waals surface area contributed by atoms with Crippen LogP contribution in [0, 0.1) is 5.92 Å². The van der Waals surface area contributed by atoms with Crippen molar-refractivity contribution < 1.29 is 4.79 Å². The van der Waals surface area contributed by atoms with Crippen molar-refractivity contribution in [1.29, 1.82) is 0 Å². The minimum Gasteiger partial charge on any atom is -0.397 e. The van der Waals surface area contributed by atoms with Crippen molar-refractivity contribution in [1.82, 2.24) is 5.32 Å². The lowest BCUT2D eigenvalue weighted by Gasteiger charge is -2.09. The number of rotatable bonds is 7. The van der Waals surface area contributed by atoms with Crippen LogP contribution >= 0.6 is 11.3 Å². The third kappa shape index (κ3) is 3.33. The van der Waals surface area contributed by atoms with E-state index in [1.54, 1.807) is 6.08 Å². The second-order valence-corrected chi connectivity index (χ2v) is 6.66. The molecule has 4 N–H and O–H groups in total. The number of amides is 1. The number of thiophene rings is 1. The molecule has 1 heterocycles. The van der Waals surface area contributed by atoms with Crippen LogP contribution in [0.2, 0.25) is 0 Å². The number of carbonyl (C=O) groups excluding carboxylic acids is 1. The van der Waals surface area contributed by atoms with Crippen molar-refractivity contribution in [2.45, 2.75) is 32.6 Å². The van der Waals surface area contributed by atoms with E-state index in [0.717, 1.165) is 17.1 Å². The summed E-state index contributed by atoms with van der Waals surface area (Å²) in [6.07, 6.45) is 4.01. The number of nitrogen functional groups attached to an aromatic ring is 1. The molecule has 1 fully saturated rings. The van der Waals surface area contributed by atoms with Gasteiger partial charge >= 0.3 is 0 Å². The molecule has 2 rings (SSSR count). The molecule has 5 heteroatoms. The summed E-state index contributed by atoms with van der Waals surface area (Å²) in [5.74, 6) is 0.984. The Morgan fingerprint density at radius 1 is 1.55 bits per heavy atom. The maximum absolute atomic E-state index is 12.1. The highest BCUT2D eigenvalue weighted by Gasteiger charge is 2.32. The zero-order valence-electron chi connectivity index (χ0n) is 12.2. The van der Waals surface area contributed by atoms with Gasteiger partial charge in [-0.2, -0.15) is 0 Å². The first-order chi connectivity index (χ1) is 9.54. The number of nitrogens with two attached hydrogens (primary N) is 1. The molecule has 0 atom stereocenters. The Labute approximate surface area is 124 Å². The average Bonchev–Trinajstić information content (AvgIpc) is 3.18. The largest absolute Gasteiger partial charge is 0.397 e. The Hall–Kier alpha value is -1.49. The van der Waals surface area contributed by atoms with Crippen molar-refractivity contribution in [2.75, 3.05) is 24.1 Å². The molecule has 1 aliphatic rings. The van der Waals surface area contributed by atoms with Crippen LogP contribution in [0.15, 0.2) is 12.7 Å². The van der Waals surface area contributed by atoms with E-state index < -0.39 is 0 Å². The molecule has 1 aliphatic carbocycles. The van der Waals surface area contributed by atoms with Gasteiger partial charge in [-0.25, -0.2) is 0 Å². The van der Waals surface area contributed by atoms with Gasteiger partial charge in [0.05, 0.1) is 10.7 Å². The van der Waals surface area contributed by atoms with E-state index in [-0.39, 0.29) is 5.91 Å². The molecule has 0 aromatic carbocycles. The third-order valence-corrected chi connectivity index (χ3v) is 4.43. The van der Waals surface area contributed by atoms with E-state index in [0.29, 0.717) is 28.9 Å². The first kappa shape index (κ1) is 14.9. The highest BCUT2D eigenvalue weighted by molar-refractivity contribution is 7.18. The van der Waals surface area contributed by atoms with Gasteiger partial charge in [0.2, 0.25) is 0 Å². The molecule has 1 amide bonds. The zero-order valence-corrected chi connectivity index (χ0v) is 13.0. The molecular weight excluding hydrogens is 270 g/mol. The van der Waals surface area contributed by atoms with Crippen molar-refractivity contribution in [3.05, 3.63) is 23.1 Å². The molecule has 110 valence electrons. The Kier molecular flexibility index (Phi) is 4.70. The highest BCUT2D eigenvalue weighted by Crippen LogP contribution is 2.50. The number of nitrogens with one attached hydrogen (secondary N) is 2. The summed E-state index contributed by atoms with van der Waals surface area (Å²) in [5.41, 5.74) is 8.02. The first-order valence-corrected chi connectivity index (χ1v) is 7.91. The normalized spacial score (nSPS) is 14.3. The summed E-state index contributed by atoms with van der Waals surface area (Å²) < 4.78 is 0. The Morgan fingerprint density at radius 3 is 2.80 bits per heavy atom. The number of anilines is 2. The van der Waals surface area contributed by atoms with E-state index >= 15 is 0 Å². The van der Waals surface area contributed by atoms with Crippen molar-refractivity contribution >= 4 is 27.9 Å². The molecule has 0 radical (unpaired) electrons. The van der Waals surface area contributed by atoms with E-state index in [9.17, 15) is 4.79 Å². The van der Waals surface area contributed by atoms with Crippen LogP contribution in [0.25, 0.3) is 0 Å². The maximum Gasteiger partial charge on any atom is 0.263 e. The van der Waals surface area contributed by atoms with Gasteiger partial charge in [-0.15, -0.1) is 17.9 Å².